The SMILES string of the molecule is C=Cc1cccc(N(C=C)C=C)c1C=C. The summed E-state index contributed by atoms with van der Waals surface area (Å²) in [4.78, 5) is 1.85. The van der Waals surface area contributed by atoms with E-state index in [4.69, 9.17) is 0 Å². The minimum absolute atomic E-state index is 1.01. The number of benzene rings is 1. The zero-order chi connectivity index (χ0) is 11.3. The molecule has 0 aliphatic rings. The van der Waals surface area contributed by atoms with Gasteiger partial charge in [0.15, 0.2) is 0 Å². The largest absolute Gasteiger partial charge is 0.324 e. The van der Waals surface area contributed by atoms with Gasteiger partial charge in [-0.05, 0) is 11.6 Å². The van der Waals surface area contributed by atoms with Crippen molar-refractivity contribution < 1.29 is 0 Å². The lowest BCUT2D eigenvalue weighted by molar-refractivity contribution is 1.29. The minimum atomic E-state index is 1.01. The van der Waals surface area contributed by atoms with Crippen molar-refractivity contribution in [3.8, 4) is 0 Å². The molecule has 0 aliphatic carbocycles. The Balaban J connectivity index is 3.39. The van der Waals surface area contributed by atoms with Gasteiger partial charge in [0.2, 0.25) is 0 Å². The number of rotatable bonds is 5. The molecule has 0 spiro atoms. The molecule has 76 valence electrons. The maximum absolute atomic E-state index is 3.81. The summed E-state index contributed by atoms with van der Waals surface area (Å²) in [5.74, 6) is 0. The van der Waals surface area contributed by atoms with Crippen molar-refractivity contribution in [1.29, 1.82) is 0 Å². The van der Waals surface area contributed by atoms with Gasteiger partial charge in [0.05, 0.1) is 5.69 Å². The first-order valence-electron chi connectivity index (χ1n) is 4.69. The lowest BCUT2D eigenvalue weighted by atomic mass is 10.0. The van der Waals surface area contributed by atoms with Crippen LogP contribution in [0.15, 0.2) is 56.9 Å². The number of hydrogen-bond acceptors (Lipinski definition) is 1. The fourth-order valence-corrected chi connectivity index (χ4v) is 1.47. The van der Waals surface area contributed by atoms with Gasteiger partial charge >= 0.3 is 0 Å². The second kappa shape index (κ2) is 5.01. The maximum Gasteiger partial charge on any atom is 0.0527 e. The average molecular weight is 197 g/mol. The first-order chi connectivity index (χ1) is 7.28. The molecule has 0 saturated heterocycles. The number of hydrogen-bond donors (Lipinski definition) is 0. The Morgan fingerprint density at radius 2 is 1.60 bits per heavy atom. The normalized spacial score (nSPS) is 9.07. The standard InChI is InChI=1S/C14H15N/c1-5-12-10-9-11-14(13(12)6-2)15(7-3)8-4/h5-11H,1-4H2. The van der Waals surface area contributed by atoms with E-state index in [9.17, 15) is 0 Å². The van der Waals surface area contributed by atoms with Crippen molar-refractivity contribution in [2.24, 2.45) is 0 Å². The predicted octanol–water partition coefficient (Wildman–Crippen LogP) is 4.07. The minimum Gasteiger partial charge on any atom is -0.324 e. The highest BCUT2D eigenvalue weighted by Crippen LogP contribution is 2.26. The van der Waals surface area contributed by atoms with Crippen LogP contribution in [0.25, 0.3) is 12.2 Å². The van der Waals surface area contributed by atoms with Gasteiger partial charge in [0.25, 0.3) is 0 Å². The number of nitrogens with zero attached hydrogens (tertiary/aromatic N) is 1. The molecule has 1 heteroatoms. The van der Waals surface area contributed by atoms with Crippen molar-refractivity contribution >= 4 is 17.8 Å². The van der Waals surface area contributed by atoms with Crippen LogP contribution in [-0.4, -0.2) is 0 Å². The molecule has 1 rings (SSSR count). The Hall–Kier alpha value is -2.02. The van der Waals surface area contributed by atoms with E-state index in [1.807, 2.05) is 35.3 Å². The zero-order valence-corrected chi connectivity index (χ0v) is 8.82. The lowest BCUT2D eigenvalue weighted by Gasteiger charge is -2.18. The highest BCUT2D eigenvalue weighted by Gasteiger charge is 2.05. The van der Waals surface area contributed by atoms with Crippen LogP contribution in [0.3, 0.4) is 0 Å². The lowest BCUT2D eigenvalue weighted by Crippen LogP contribution is -2.07. The molecule has 0 aromatic heterocycles. The van der Waals surface area contributed by atoms with E-state index in [0.29, 0.717) is 0 Å². The van der Waals surface area contributed by atoms with Gasteiger partial charge < -0.3 is 4.90 Å². The van der Waals surface area contributed by atoms with Crippen LogP contribution >= 0.6 is 0 Å². The van der Waals surface area contributed by atoms with Crippen molar-refractivity contribution in [3.63, 3.8) is 0 Å². The van der Waals surface area contributed by atoms with Gasteiger partial charge in [-0.15, -0.1) is 0 Å². The van der Waals surface area contributed by atoms with Crippen LogP contribution in [0.1, 0.15) is 11.1 Å². The van der Waals surface area contributed by atoms with E-state index in [0.717, 1.165) is 16.8 Å². The van der Waals surface area contributed by atoms with Gasteiger partial charge in [-0.2, -0.15) is 0 Å². The molecule has 1 nitrogen and oxygen atoms in total. The third-order valence-electron chi connectivity index (χ3n) is 2.21. The molecule has 0 N–H and O–H groups in total. The highest BCUT2D eigenvalue weighted by atomic mass is 15.1. The zero-order valence-electron chi connectivity index (χ0n) is 8.82. The molecule has 0 saturated carbocycles. The topological polar surface area (TPSA) is 3.24 Å². The summed E-state index contributed by atoms with van der Waals surface area (Å²) in [6.07, 6.45) is 7.04. The Morgan fingerprint density at radius 3 is 2.07 bits per heavy atom. The molecular formula is C14H15N. The maximum atomic E-state index is 3.81. The van der Waals surface area contributed by atoms with Crippen LogP contribution in [0, 0.1) is 0 Å². The third-order valence-corrected chi connectivity index (χ3v) is 2.21. The average Bonchev–Trinajstić information content (AvgIpc) is 2.30. The van der Waals surface area contributed by atoms with E-state index >= 15 is 0 Å². The van der Waals surface area contributed by atoms with Crippen LogP contribution < -0.4 is 4.90 Å². The van der Waals surface area contributed by atoms with E-state index in [2.05, 4.69) is 26.3 Å². The van der Waals surface area contributed by atoms with Gasteiger partial charge in [-0.25, -0.2) is 0 Å². The van der Waals surface area contributed by atoms with Gasteiger partial charge in [0, 0.05) is 18.0 Å². The van der Waals surface area contributed by atoms with Crippen molar-refractivity contribution in [1.82, 2.24) is 0 Å². The van der Waals surface area contributed by atoms with Gasteiger partial charge in [-0.1, -0.05) is 50.6 Å². The number of anilines is 1. The van der Waals surface area contributed by atoms with Crippen LogP contribution in [-0.2, 0) is 0 Å². The summed E-state index contributed by atoms with van der Waals surface area (Å²) in [6, 6.07) is 5.96. The molecule has 0 heterocycles. The van der Waals surface area contributed by atoms with Crippen molar-refractivity contribution in [2.75, 3.05) is 4.90 Å². The van der Waals surface area contributed by atoms with E-state index < -0.39 is 0 Å². The molecule has 0 radical (unpaired) electrons. The molecule has 15 heavy (non-hydrogen) atoms. The van der Waals surface area contributed by atoms with Crippen molar-refractivity contribution in [3.05, 3.63) is 68.0 Å². The second-order valence-electron chi connectivity index (χ2n) is 2.96. The van der Waals surface area contributed by atoms with Crippen LogP contribution in [0.2, 0.25) is 0 Å². The molecule has 0 atom stereocenters. The molecule has 0 amide bonds. The fraction of sp³-hybridized carbons (Fsp3) is 0. The Labute approximate surface area is 91.4 Å². The molecule has 1 aromatic carbocycles. The first kappa shape index (κ1) is 11.1. The van der Waals surface area contributed by atoms with E-state index in [-0.39, 0.29) is 0 Å². The second-order valence-corrected chi connectivity index (χ2v) is 2.96. The third kappa shape index (κ3) is 2.08. The van der Waals surface area contributed by atoms with Crippen LogP contribution in [0.5, 0.6) is 0 Å². The summed E-state index contributed by atoms with van der Waals surface area (Å²) >= 11 is 0. The molecule has 0 fully saturated rings. The molecular weight excluding hydrogens is 182 g/mol. The Kier molecular flexibility index (Phi) is 3.69. The van der Waals surface area contributed by atoms with Gasteiger partial charge in [-0.3, -0.25) is 0 Å². The quantitative estimate of drug-likeness (QED) is 0.687. The fourth-order valence-electron chi connectivity index (χ4n) is 1.47. The first-order valence-corrected chi connectivity index (χ1v) is 4.69. The molecule has 1 aromatic rings. The van der Waals surface area contributed by atoms with Crippen LogP contribution in [0.4, 0.5) is 5.69 Å². The molecule has 0 aliphatic heterocycles. The van der Waals surface area contributed by atoms with Crippen molar-refractivity contribution in [2.45, 2.75) is 0 Å². The molecule has 0 unspecified atom stereocenters. The predicted molar refractivity (Wildman–Crippen MR) is 69.5 cm³/mol. The highest BCUT2D eigenvalue weighted by molar-refractivity contribution is 5.76. The molecule has 0 bridgehead atoms. The summed E-state index contributed by atoms with van der Waals surface area (Å²) in [6.45, 7) is 15.0. The monoisotopic (exact) mass is 197 g/mol. The smallest absolute Gasteiger partial charge is 0.0527 e. The Morgan fingerprint density at radius 1 is 0.933 bits per heavy atom. The summed E-state index contributed by atoms with van der Waals surface area (Å²) in [5.41, 5.74) is 3.09. The van der Waals surface area contributed by atoms with Gasteiger partial charge in [0.1, 0.15) is 0 Å². The Bertz CT molecular complexity index is 394. The summed E-state index contributed by atoms with van der Waals surface area (Å²) in [7, 11) is 0. The van der Waals surface area contributed by atoms with E-state index in [1.165, 1.54) is 0 Å². The summed E-state index contributed by atoms with van der Waals surface area (Å²) < 4.78 is 0. The van der Waals surface area contributed by atoms with E-state index in [1.54, 1.807) is 12.4 Å². The summed E-state index contributed by atoms with van der Waals surface area (Å²) in [5, 5.41) is 0.